The van der Waals surface area contributed by atoms with Gasteiger partial charge in [-0.1, -0.05) is 32.4 Å². The Morgan fingerprint density at radius 3 is 2.56 bits per heavy atom. The van der Waals surface area contributed by atoms with Gasteiger partial charge in [-0.05, 0) is 24.5 Å². The molecule has 0 aromatic carbocycles. The van der Waals surface area contributed by atoms with Crippen LogP contribution in [0, 0.1) is 5.41 Å². The number of thiophene rings is 1. The van der Waals surface area contributed by atoms with Crippen molar-refractivity contribution in [2.24, 2.45) is 11.1 Å². The van der Waals surface area contributed by atoms with E-state index in [2.05, 4.69) is 5.32 Å². The number of hydrogen-bond donors (Lipinski definition) is 2. The summed E-state index contributed by atoms with van der Waals surface area (Å²) in [4.78, 5) is 12.9. The van der Waals surface area contributed by atoms with E-state index in [9.17, 15) is 4.79 Å². The van der Waals surface area contributed by atoms with Gasteiger partial charge in [0.05, 0.1) is 10.4 Å². The fraction of sp³-hybridized carbons (Fsp3) is 0.615. The molecule has 2 unspecified atom stereocenters. The highest BCUT2D eigenvalue weighted by Gasteiger charge is 2.23. The normalized spacial score (nSPS) is 15.2. The first kappa shape index (κ1) is 15.5. The van der Waals surface area contributed by atoms with Gasteiger partial charge in [-0.25, -0.2) is 0 Å². The highest BCUT2D eigenvalue weighted by atomic mass is 35.5. The summed E-state index contributed by atoms with van der Waals surface area (Å²) in [6.45, 7) is 8.05. The molecule has 0 spiro atoms. The summed E-state index contributed by atoms with van der Waals surface area (Å²) < 4.78 is 0.734. The predicted molar refractivity (Wildman–Crippen MR) is 77.9 cm³/mol. The smallest absolute Gasteiger partial charge is 0.222 e. The quantitative estimate of drug-likeness (QED) is 0.893. The van der Waals surface area contributed by atoms with Crippen LogP contribution in [-0.2, 0) is 4.79 Å². The summed E-state index contributed by atoms with van der Waals surface area (Å²) in [6, 6.07) is 3.60. The maximum Gasteiger partial charge on any atom is 0.222 e. The third-order valence-corrected chi connectivity index (χ3v) is 4.33. The first-order chi connectivity index (χ1) is 8.20. The Hall–Kier alpha value is -0.580. The van der Waals surface area contributed by atoms with Crippen molar-refractivity contribution in [1.82, 2.24) is 5.32 Å². The summed E-state index contributed by atoms with van der Waals surface area (Å²) in [5.74, 6) is -0.0190. The molecule has 2 atom stereocenters. The van der Waals surface area contributed by atoms with E-state index in [-0.39, 0.29) is 23.4 Å². The molecular formula is C13H21ClN2OS. The van der Waals surface area contributed by atoms with Crippen LogP contribution in [-0.4, -0.2) is 11.9 Å². The molecule has 1 rings (SSSR count). The van der Waals surface area contributed by atoms with Crippen LogP contribution in [0.15, 0.2) is 12.1 Å². The van der Waals surface area contributed by atoms with Crippen LogP contribution in [0.5, 0.6) is 0 Å². The Kier molecular flexibility index (Phi) is 5.20. The summed E-state index contributed by atoms with van der Waals surface area (Å²) in [6.07, 6.45) is 0.340. The van der Waals surface area contributed by atoms with Crippen LogP contribution in [0.25, 0.3) is 0 Å². The molecule has 0 radical (unpaired) electrons. The average molecular weight is 289 g/mol. The van der Waals surface area contributed by atoms with Crippen molar-refractivity contribution in [3.05, 3.63) is 21.3 Å². The molecule has 18 heavy (non-hydrogen) atoms. The SMILES string of the molecule is CC(NC(=O)CC(N)C(C)(C)C)c1ccc(Cl)s1. The van der Waals surface area contributed by atoms with Gasteiger partial charge in [0.15, 0.2) is 0 Å². The van der Waals surface area contributed by atoms with Gasteiger partial charge in [0.2, 0.25) is 5.91 Å². The van der Waals surface area contributed by atoms with Gasteiger partial charge >= 0.3 is 0 Å². The van der Waals surface area contributed by atoms with Crippen LogP contribution in [0.2, 0.25) is 4.34 Å². The fourth-order valence-electron chi connectivity index (χ4n) is 1.44. The van der Waals surface area contributed by atoms with Crippen LogP contribution in [0.3, 0.4) is 0 Å². The van der Waals surface area contributed by atoms with E-state index >= 15 is 0 Å². The second kappa shape index (κ2) is 6.04. The number of rotatable bonds is 4. The molecule has 102 valence electrons. The molecular weight excluding hydrogens is 268 g/mol. The van der Waals surface area contributed by atoms with Gasteiger partial charge < -0.3 is 11.1 Å². The highest BCUT2D eigenvalue weighted by Crippen LogP contribution is 2.27. The molecule has 0 bridgehead atoms. The first-order valence-corrected chi connectivity index (χ1v) is 7.20. The van der Waals surface area contributed by atoms with Crippen molar-refractivity contribution in [3.8, 4) is 0 Å². The van der Waals surface area contributed by atoms with Crippen LogP contribution in [0.4, 0.5) is 0 Å². The van der Waals surface area contributed by atoms with E-state index in [1.54, 1.807) is 0 Å². The molecule has 3 nitrogen and oxygen atoms in total. The van der Waals surface area contributed by atoms with Crippen LogP contribution >= 0.6 is 22.9 Å². The molecule has 1 aromatic heterocycles. The number of carbonyl (C=O) groups is 1. The second-order valence-electron chi connectivity index (χ2n) is 5.61. The van der Waals surface area contributed by atoms with Gasteiger partial charge in [0.25, 0.3) is 0 Å². The Labute approximate surface area is 118 Å². The minimum Gasteiger partial charge on any atom is -0.349 e. The highest BCUT2D eigenvalue weighted by molar-refractivity contribution is 7.16. The average Bonchev–Trinajstić information content (AvgIpc) is 2.63. The molecule has 0 aliphatic carbocycles. The lowest BCUT2D eigenvalue weighted by Gasteiger charge is -2.27. The maximum absolute atomic E-state index is 11.9. The van der Waals surface area contributed by atoms with Crippen molar-refractivity contribution in [2.45, 2.75) is 46.2 Å². The van der Waals surface area contributed by atoms with Crippen molar-refractivity contribution >= 4 is 28.8 Å². The lowest BCUT2D eigenvalue weighted by molar-refractivity contribution is -0.122. The van der Waals surface area contributed by atoms with E-state index in [0.717, 1.165) is 9.21 Å². The van der Waals surface area contributed by atoms with E-state index in [4.69, 9.17) is 17.3 Å². The molecule has 0 fully saturated rings. The number of nitrogens with two attached hydrogens (primary N) is 1. The fourth-order valence-corrected chi connectivity index (χ4v) is 2.50. The monoisotopic (exact) mass is 288 g/mol. The summed E-state index contributed by atoms with van der Waals surface area (Å²) >= 11 is 7.35. The van der Waals surface area contributed by atoms with Gasteiger partial charge in [0.1, 0.15) is 0 Å². The third-order valence-electron chi connectivity index (χ3n) is 2.92. The second-order valence-corrected chi connectivity index (χ2v) is 7.35. The topological polar surface area (TPSA) is 55.1 Å². The molecule has 1 amide bonds. The minimum absolute atomic E-state index is 0.0190. The zero-order valence-electron chi connectivity index (χ0n) is 11.3. The van der Waals surface area contributed by atoms with Crippen molar-refractivity contribution in [1.29, 1.82) is 0 Å². The van der Waals surface area contributed by atoms with Crippen LogP contribution < -0.4 is 11.1 Å². The number of nitrogens with one attached hydrogen (secondary N) is 1. The summed E-state index contributed by atoms with van der Waals surface area (Å²) in [5, 5.41) is 2.95. The largest absolute Gasteiger partial charge is 0.349 e. The predicted octanol–water partition coefficient (Wildman–Crippen LogP) is 3.34. The third kappa shape index (κ3) is 4.59. The van der Waals surface area contributed by atoms with E-state index in [0.29, 0.717) is 6.42 Å². The molecule has 5 heteroatoms. The Morgan fingerprint density at radius 2 is 2.11 bits per heavy atom. The molecule has 0 saturated heterocycles. The number of amides is 1. The molecule has 0 aliphatic heterocycles. The van der Waals surface area contributed by atoms with Gasteiger partial charge in [-0.15, -0.1) is 11.3 Å². The number of halogens is 1. The van der Waals surface area contributed by atoms with Crippen LogP contribution in [0.1, 0.15) is 45.0 Å². The van der Waals surface area contributed by atoms with Crippen molar-refractivity contribution in [3.63, 3.8) is 0 Å². The van der Waals surface area contributed by atoms with E-state index in [1.165, 1.54) is 11.3 Å². The molecule has 0 aliphatic rings. The van der Waals surface area contributed by atoms with Crippen molar-refractivity contribution in [2.75, 3.05) is 0 Å². The van der Waals surface area contributed by atoms with Gasteiger partial charge in [-0.3, -0.25) is 4.79 Å². The zero-order chi connectivity index (χ0) is 13.9. The zero-order valence-corrected chi connectivity index (χ0v) is 12.9. The maximum atomic E-state index is 11.9. The summed E-state index contributed by atoms with van der Waals surface area (Å²) in [7, 11) is 0. The number of carbonyl (C=O) groups excluding carboxylic acids is 1. The Morgan fingerprint density at radius 1 is 1.50 bits per heavy atom. The number of hydrogen-bond acceptors (Lipinski definition) is 3. The first-order valence-electron chi connectivity index (χ1n) is 6.00. The lowest BCUT2D eigenvalue weighted by atomic mass is 9.85. The molecule has 0 saturated carbocycles. The van der Waals surface area contributed by atoms with E-state index < -0.39 is 0 Å². The molecule has 1 aromatic rings. The molecule has 1 heterocycles. The minimum atomic E-state index is -0.142. The van der Waals surface area contributed by atoms with E-state index in [1.807, 2.05) is 39.8 Å². The Balaban J connectivity index is 2.50. The Bertz CT molecular complexity index is 411. The van der Waals surface area contributed by atoms with Gasteiger partial charge in [0, 0.05) is 17.3 Å². The van der Waals surface area contributed by atoms with Gasteiger partial charge in [-0.2, -0.15) is 0 Å². The lowest BCUT2D eigenvalue weighted by Crippen LogP contribution is -2.40. The summed E-state index contributed by atoms with van der Waals surface area (Å²) in [5.41, 5.74) is 5.93. The van der Waals surface area contributed by atoms with Crippen molar-refractivity contribution < 1.29 is 4.79 Å². The standard InChI is InChI=1S/C13H21ClN2OS/c1-8(9-5-6-11(14)18-9)16-12(17)7-10(15)13(2,3)4/h5-6,8,10H,7,15H2,1-4H3,(H,16,17). The molecule has 3 N–H and O–H groups in total.